The quantitative estimate of drug-likeness (QED) is 0.341. The standard InChI is InChI=1S/C31H27F2N2O3/c1-37-26-17-21-12-15-35(25-16-20-6-3-4-8-23(20)28(27(21)25)30(26)38-2)31(36)19-10-13-34(14-11-19)18-22-7-5-9-24(32)29(22)33/h3-11,13-14,17,25H,12,15-16,18H2,1-2H3/q+1. The molecule has 6 rings (SSSR count). The molecule has 0 spiro atoms. The maximum Gasteiger partial charge on any atom is 0.254 e. The summed E-state index contributed by atoms with van der Waals surface area (Å²) in [4.78, 5) is 15.8. The average molecular weight is 514 g/mol. The lowest BCUT2D eigenvalue weighted by atomic mass is 9.76. The van der Waals surface area contributed by atoms with Crippen LogP contribution in [0.1, 0.15) is 38.7 Å². The Morgan fingerprint density at radius 3 is 2.55 bits per heavy atom. The molecule has 1 amide bonds. The van der Waals surface area contributed by atoms with Gasteiger partial charge in [-0.3, -0.25) is 4.79 Å². The zero-order valence-corrected chi connectivity index (χ0v) is 21.2. The molecule has 1 aromatic heterocycles. The van der Waals surface area contributed by atoms with Crippen LogP contribution in [0.15, 0.2) is 73.1 Å². The molecule has 1 atom stereocenters. The molecular formula is C31H27F2N2O3+. The van der Waals surface area contributed by atoms with Gasteiger partial charge in [0.1, 0.15) is 0 Å². The molecule has 1 unspecified atom stereocenters. The lowest BCUT2D eigenvalue weighted by Gasteiger charge is -2.42. The van der Waals surface area contributed by atoms with Crippen LogP contribution in [0.4, 0.5) is 8.78 Å². The number of ether oxygens (including phenoxy) is 2. The predicted octanol–water partition coefficient (Wildman–Crippen LogP) is 5.28. The maximum absolute atomic E-state index is 14.1. The Labute approximate surface area is 219 Å². The number of nitrogens with zero attached hydrogens (tertiary/aromatic N) is 2. The Kier molecular flexibility index (Phi) is 6.06. The summed E-state index contributed by atoms with van der Waals surface area (Å²) in [6.07, 6.45) is 4.87. The van der Waals surface area contributed by atoms with Gasteiger partial charge in [-0.15, -0.1) is 0 Å². The molecule has 1 aliphatic heterocycles. The minimum Gasteiger partial charge on any atom is -0.493 e. The highest BCUT2D eigenvalue weighted by atomic mass is 19.2. The van der Waals surface area contributed by atoms with E-state index >= 15 is 0 Å². The second-order valence-electron chi connectivity index (χ2n) is 9.66. The fourth-order valence-electron chi connectivity index (χ4n) is 5.81. The van der Waals surface area contributed by atoms with Gasteiger partial charge in [0.15, 0.2) is 42.1 Å². The molecule has 0 N–H and O–H groups in total. The number of pyridine rings is 1. The number of hydrogen-bond donors (Lipinski definition) is 0. The first-order valence-corrected chi connectivity index (χ1v) is 12.6. The predicted molar refractivity (Wildman–Crippen MR) is 138 cm³/mol. The van der Waals surface area contributed by atoms with E-state index in [1.807, 2.05) is 23.1 Å². The van der Waals surface area contributed by atoms with Crippen molar-refractivity contribution in [3.63, 3.8) is 0 Å². The van der Waals surface area contributed by atoms with E-state index in [9.17, 15) is 13.6 Å². The largest absolute Gasteiger partial charge is 0.493 e. The summed E-state index contributed by atoms with van der Waals surface area (Å²) in [6, 6.07) is 17.8. The van der Waals surface area contributed by atoms with Gasteiger partial charge in [0.2, 0.25) is 0 Å². The van der Waals surface area contributed by atoms with Gasteiger partial charge >= 0.3 is 0 Å². The Hall–Kier alpha value is -4.26. The number of benzene rings is 3. The zero-order chi connectivity index (χ0) is 26.4. The molecule has 5 nitrogen and oxygen atoms in total. The smallest absolute Gasteiger partial charge is 0.254 e. The number of hydrogen-bond acceptors (Lipinski definition) is 3. The second kappa shape index (κ2) is 9.56. The van der Waals surface area contributed by atoms with E-state index < -0.39 is 11.6 Å². The number of carbonyl (C=O) groups is 1. The lowest BCUT2D eigenvalue weighted by molar-refractivity contribution is -0.688. The van der Waals surface area contributed by atoms with Crippen LogP contribution in [-0.2, 0) is 19.4 Å². The summed E-state index contributed by atoms with van der Waals surface area (Å²) in [5.74, 6) is -0.415. The Bertz CT molecular complexity index is 1550. The van der Waals surface area contributed by atoms with Crippen molar-refractivity contribution in [2.24, 2.45) is 0 Å². The van der Waals surface area contributed by atoms with E-state index in [1.54, 1.807) is 49.4 Å². The number of aromatic nitrogens is 1. The van der Waals surface area contributed by atoms with Crippen LogP contribution in [-0.4, -0.2) is 31.6 Å². The number of rotatable bonds is 5. The van der Waals surface area contributed by atoms with E-state index in [-0.39, 0.29) is 24.1 Å². The summed E-state index contributed by atoms with van der Waals surface area (Å²) in [6.45, 7) is 0.747. The first kappa shape index (κ1) is 24.1. The first-order chi connectivity index (χ1) is 18.5. The molecule has 0 saturated carbocycles. The Morgan fingerprint density at radius 2 is 1.79 bits per heavy atom. The van der Waals surface area contributed by atoms with E-state index in [0.717, 1.165) is 28.3 Å². The minimum atomic E-state index is -0.872. The zero-order valence-electron chi connectivity index (χ0n) is 21.2. The highest BCUT2D eigenvalue weighted by Gasteiger charge is 2.39. The van der Waals surface area contributed by atoms with E-state index in [4.69, 9.17) is 9.47 Å². The highest BCUT2D eigenvalue weighted by Crippen LogP contribution is 2.52. The van der Waals surface area contributed by atoms with Crippen LogP contribution in [0, 0.1) is 11.6 Å². The molecule has 0 fully saturated rings. The van der Waals surface area contributed by atoms with E-state index in [0.29, 0.717) is 36.4 Å². The van der Waals surface area contributed by atoms with Crippen LogP contribution in [0.25, 0.3) is 11.1 Å². The van der Waals surface area contributed by atoms with Gasteiger partial charge < -0.3 is 14.4 Å². The van der Waals surface area contributed by atoms with Gasteiger partial charge in [-0.1, -0.05) is 30.3 Å². The van der Waals surface area contributed by atoms with Gasteiger partial charge in [-0.25, -0.2) is 13.3 Å². The molecule has 7 heteroatoms. The monoisotopic (exact) mass is 513 g/mol. The van der Waals surface area contributed by atoms with E-state index in [1.165, 1.54) is 11.6 Å². The normalized spacial score (nSPS) is 15.5. The summed E-state index contributed by atoms with van der Waals surface area (Å²) < 4.78 is 41.0. The SMILES string of the molecule is COc1cc2c3c(c1OC)-c1ccccc1CC3N(C(=O)c1cc[n+](Cc3cccc(F)c3F)cc1)CC2. The average Bonchev–Trinajstić information content (AvgIpc) is 2.95. The van der Waals surface area contributed by atoms with Crippen molar-refractivity contribution in [2.75, 3.05) is 20.8 Å². The summed E-state index contributed by atoms with van der Waals surface area (Å²) in [5.41, 5.74) is 6.34. The molecule has 2 aliphatic rings. The maximum atomic E-state index is 14.1. The highest BCUT2D eigenvalue weighted by molar-refractivity contribution is 5.95. The third-order valence-electron chi connectivity index (χ3n) is 7.61. The van der Waals surface area contributed by atoms with Crippen molar-refractivity contribution < 1.29 is 27.6 Å². The second-order valence-corrected chi connectivity index (χ2v) is 9.66. The van der Waals surface area contributed by atoms with Crippen molar-refractivity contribution in [3.05, 3.63) is 113 Å². The molecular weight excluding hydrogens is 486 g/mol. The number of amides is 1. The lowest BCUT2D eigenvalue weighted by Crippen LogP contribution is -2.43. The minimum absolute atomic E-state index is 0.0650. The number of carbonyl (C=O) groups excluding carboxylic acids is 1. The molecule has 3 aromatic carbocycles. The van der Waals surface area contributed by atoms with Crippen molar-refractivity contribution in [1.82, 2.24) is 4.90 Å². The Balaban J connectivity index is 1.34. The van der Waals surface area contributed by atoms with E-state index in [2.05, 4.69) is 12.1 Å². The van der Waals surface area contributed by atoms with Crippen LogP contribution in [0.2, 0.25) is 0 Å². The third kappa shape index (κ3) is 3.90. The fourth-order valence-corrected chi connectivity index (χ4v) is 5.81. The molecule has 192 valence electrons. The molecule has 0 saturated heterocycles. The molecule has 1 aliphatic carbocycles. The van der Waals surface area contributed by atoms with Crippen molar-refractivity contribution >= 4 is 5.91 Å². The summed E-state index contributed by atoms with van der Waals surface area (Å²) >= 11 is 0. The summed E-state index contributed by atoms with van der Waals surface area (Å²) in [7, 11) is 3.29. The molecule has 0 bridgehead atoms. The van der Waals surface area contributed by atoms with Crippen LogP contribution >= 0.6 is 0 Å². The van der Waals surface area contributed by atoms with Gasteiger partial charge in [-0.2, -0.15) is 0 Å². The fraction of sp³-hybridized carbons (Fsp3) is 0.226. The van der Waals surface area contributed by atoms with Crippen molar-refractivity contribution in [3.8, 4) is 22.6 Å². The van der Waals surface area contributed by atoms with Crippen molar-refractivity contribution in [2.45, 2.75) is 25.4 Å². The number of halogens is 2. The molecule has 38 heavy (non-hydrogen) atoms. The van der Waals surface area contributed by atoms with Crippen LogP contribution < -0.4 is 14.0 Å². The van der Waals surface area contributed by atoms with Crippen LogP contribution in [0.5, 0.6) is 11.5 Å². The van der Waals surface area contributed by atoms with Gasteiger partial charge in [0.25, 0.3) is 5.91 Å². The van der Waals surface area contributed by atoms with Gasteiger partial charge in [0, 0.05) is 24.2 Å². The number of methoxy groups -OCH3 is 2. The van der Waals surface area contributed by atoms with Crippen molar-refractivity contribution in [1.29, 1.82) is 0 Å². The molecule has 2 heterocycles. The van der Waals surface area contributed by atoms with Crippen LogP contribution in [0.3, 0.4) is 0 Å². The summed E-state index contributed by atoms with van der Waals surface area (Å²) in [5, 5.41) is 0. The van der Waals surface area contributed by atoms with Gasteiger partial charge in [0.05, 0.1) is 31.4 Å². The Morgan fingerprint density at radius 1 is 1.00 bits per heavy atom. The topological polar surface area (TPSA) is 42.7 Å². The van der Waals surface area contributed by atoms with Gasteiger partial charge in [-0.05, 0) is 53.3 Å². The number of fused-ring (bicyclic) bond motifs is 2. The first-order valence-electron chi connectivity index (χ1n) is 12.6. The third-order valence-corrected chi connectivity index (χ3v) is 7.61. The molecule has 4 aromatic rings. The molecule has 0 radical (unpaired) electrons.